The van der Waals surface area contributed by atoms with E-state index < -0.39 is 6.10 Å². The van der Waals surface area contributed by atoms with Gasteiger partial charge >= 0.3 is 0 Å². The van der Waals surface area contributed by atoms with Crippen LogP contribution in [0, 0.1) is 6.92 Å². The van der Waals surface area contributed by atoms with Crippen molar-refractivity contribution in [1.82, 2.24) is 9.78 Å². The normalized spacial score (nSPS) is 19.6. The Hall–Kier alpha value is -1.65. The van der Waals surface area contributed by atoms with Gasteiger partial charge in [0, 0.05) is 25.2 Å². The average molecular weight is 272 g/mol. The van der Waals surface area contributed by atoms with Crippen molar-refractivity contribution < 1.29 is 9.84 Å². The highest BCUT2D eigenvalue weighted by Crippen LogP contribution is 2.34. The molecule has 4 heteroatoms. The van der Waals surface area contributed by atoms with E-state index in [1.807, 2.05) is 26.2 Å². The lowest BCUT2D eigenvalue weighted by Crippen LogP contribution is -2.18. The Balaban J connectivity index is 1.80. The zero-order valence-electron chi connectivity index (χ0n) is 11.9. The number of aryl methyl sites for hydroxylation is 2. The third-order valence-electron chi connectivity index (χ3n) is 3.94. The first-order chi connectivity index (χ1) is 9.65. The molecule has 4 nitrogen and oxygen atoms in total. The summed E-state index contributed by atoms with van der Waals surface area (Å²) < 4.78 is 7.60. The van der Waals surface area contributed by atoms with Crippen molar-refractivity contribution in [1.29, 1.82) is 0 Å². The number of hydrogen-bond acceptors (Lipinski definition) is 3. The molecule has 2 unspecified atom stereocenters. The molecule has 2 aromatic rings. The van der Waals surface area contributed by atoms with Crippen LogP contribution < -0.4 is 0 Å². The Labute approximate surface area is 119 Å². The smallest absolute Gasteiger partial charge is 0.0855 e. The van der Waals surface area contributed by atoms with Crippen molar-refractivity contribution in [2.75, 3.05) is 6.61 Å². The molecule has 0 saturated carbocycles. The van der Waals surface area contributed by atoms with Gasteiger partial charge in [0.1, 0.15) is 0 Å². The molecule has 0 bridgehead atoms. The van der Waals surface area contributed by atoms with E-state index in [0.717, 1.165) is 24.3 Å². The van der Waals surface area contributed by atoms with E-state index in [1.165, 1.54) is 11.1 Å². The van der Waals surface area contributed by atoms with Gasteiger partial charge in [-0.1, -0.05) is 24.3 Å². The molecule has 1 N–H and O–H groups in total. The van der Waals surface area contributed by atoms with Crippen molar-refractivity contribution >= 4 is 0 Å². The van der Waals surface area contributed by atoms with Crippen LogP contribution in [0.15, 0.2) is 30.5 Å². The minimum Gasteiger partial charge on any atom is -0.388 e. The summed E-state index contributed by atoms with van der Waals surface area (Å²) in [5.74, 6) is 0. The molecule has 3 rings (SSSR count). The number of aliphatic hydroxyl groups excluding tert-OH is 1. The van der Waals surface area contributed by atoms with Crippen LogP contribution in [-0.2, 0) is 18.2 Å². The molecular weight excluding hydrogens is 252 g/mol. The first-order valence-corrected chi connectivity index (χ1v) is 7.03. The number of benzene rings is 1. The third-order valence-corrected chi connectivity index (χ3v) is 3.94. The molecule has 2 heterocycles. The Morgan fingerprint density at radius 1 is 1.45 bits per heavy atom. The van der Waals surface area contributed by atoms with Gasteiger partial charge in [-0.15, -0.1) is 0 Å². The molecule has 0 aliphatic carbocycles. The van der Waals surface area contributed by atoms with Crippen LogP contribution in [0.3, 0.4) is 0 Å². The van der Waals surface area contributed by atoms with Crippen LogP contribution in [0.5, 0.6) is 0 Å². The molecule has 0 saturated heterocycles. The molecule has 2 atom stereocenters. The number of nitrogens with zero attached hydrogens (tertiary/aromatic N) is 2. The molecule has 1 aliphatic heterocycles. The molecule has 0 spiro atoms. The number of ether oxygens (including phenoxy) is 1. The molecule has 20 heavy (non-hydrogen) atoms. The van der Waals surface area contributed by atoms with Gasteiger partial charge in [-0.2, -0.15) is 5.10 Å². The second-order valence-corrected chi connectivity index (χ2v) is 5.40. The fourth-order valence-electron chi connectivity index (χ4n) is 2.95. The Morgan fingerprint density at radius 3 is 3.00 bits per heavy atom. The summed E-state index contributed by atoms with van der Waals surface area (Å²) >= 11 is 0. The highest BCUT2D eigenvalue weighted by atomic mass is 16.5. The maximum Gasteiger partial charge on any atom is 0.0855 e. The second-order valence-electron chi connectivity index (χ2n) is 5.40. The quantitative estimate of drug-likeness (QED) is 0.933. The Bertz CT molecular complexity index is 606. The third kappa shape index (κ3) is 2.49. The molecule has 0 amide bonds. The van der Waals surface area contributed by atoms with Crippen LogP contribution in [0.1, 0.15) is 41.0 Å². The summed E-state index contributed by atoms with van der Waals surface area (Å²) in [6, 6.07) is 8.33. The number of rotatable bonds is 3. The number of hydrogen-bond donors (Lipinski definition) is 1. The Kier molecular flexibility index (Phi) is 3.59. The summed E-state index contributed by atoms with van der Waals surface area (Å²) in [7, 11) is 1.87. The molecule has 1 aliphatic rings. The van der Waals surface area contributed by atoms with E-state index in [2.05, 4.69) is 23.3 Å². The van der Waals surface area contributed by atoms with Gasteiger partial charge in [-0.3, -0.25) is 4.68 Å². The van der Waals surface area contributed by atoms with Gasteiger partial charge in [-0.05, 0) is 24.5 Å². The van der Waals surface area contributed by atoms with Gasteiger partial charge < -0.3 is 9.84 Å². The summed E-state index contributed by atoms with van der Waals surface area (Å²) in [6.45, 7) is 2.65. The lowest BCUT2D eigenvalue weighted by Gasteiger charge is -2.27. The molecule has 0 fully saturated rings. The van der Waals surface area contributed by atoms with Crippen molar-refractivity contribution in [3.05, 3.63) is 52.8 Å². The minimum absolute atomic E-state index is 0.0328. The van der Waals surface area contributed by atoms with E-state index in [-0.39, 0.29) is 6.10 Å². The van der Waals surface area contributed by atoms with E-state index in [4.69, 9.17) is 4.74 Å². The summed E-state index contributed by atoms with van der Waals surface area (Å²) in [6.07, 6.45) is 2.84. The van der Waals surface area contributed by atoms with Crippen molar-refractivity contribution in [3.63, 3.8) is 0 Å². The lowest BCUT2D eigenvalue weighted by atomic mass is 9.92. The van der Waals surface area contributed by atoms with Crippen molar-refractivity contribution in [2.45, 2.75) is 32.0 Å². The summed E-state index contributed by atoms with van der Waals surface area (Å²) in [5.41, 5.74) is 4.31. The highest BCUT2D eigenvalue weighted by molar-refractivity contribution is 5.31. The average Bonchev–Trinajstić information content (AvgIpc) is 2.78. The van der Waals surface area contributed by atoms with Crippen molar-refractivity contribution in [3.8, 4) is 0 Å². The van der Waals surface area contributed by atoms with Gasteiger partial charge in [0.2, 0.25) is 0 Å². The SMILES string of the molecule is Cc1nn(C)cc1C(O)CC1OCCc2ccccc21. The molecule has 106 valence electrons. The van der Waals surface area contributed by atoms with Gasteiger partial charge in [-0.25, -0.2) is 0 Å². The first-order valence-electron chi connectivity index (χ1n) is 7.03. The topological polar surface area (TPSA) is 47.3 Å². The molecule has 1 aromatic heterocycles. The van der Waals surface area contributed by atoms with E-state index in [0.29, 0.717) is 6.42 Å². The lowest BCUT2D eigenvalue weighted by molar-refractivity contribution is 0.00363. The predicted octanol–water partition coefficient (Wildman–Crippen LogP) is 2.47. The van der Waals surface area contributed by atoms with E-state index in [9.17, 15) is 5.11 Å². The van der Waals surface area contributed by atoms with Crippen molar-refractivity contribution in [2.24, 2.45) is 7.05 Å². The first kappa shape index (κ1) is 13.3. The fourth-order valence-corrected chi connectivity index (χ4v) is 2.95. The summed E-state index contributed by atoms with van der Waals surface area (Å²) in [5, 5.41) is 14.7. The van der Waals surface area contributed by atoms with Gasteiger partial charge in [0.05, 0.1) is 24.5 Å². The fraction of sp³-hybridized carbons (Fsp3) is 0.438. The second kappa shape index (κ2) is 5.38. The summed E-state index contributed by atoms with van der Waals surface area (Å²) in [4.78, 5) is 0. The van der Waals surface area contributed by atoms with Crippen LogP contribution >= 0.6 is 0 Å². The predicted molar refractivity (Wildman–Crippen MR) is 76.4 cm³/mol. The maximum atomic E-state index is 10.5. The maximum absolute atomic E-state index is 10.5. The minimum atomic E-state index is -0.542. The standard InChI is InChI=1S/C16H20N2O2/c1-11-14(10-18(2)17-11)15(19)9-16-13-6-4-3-5-12(13)7-8-20-16/h3-6,10,15-16,19H,7-9H2,1-2H3. The van der Waals surface area contributed by atoms with Crippen LogP contribution in [-0.4, -0.2) is 21.5 Å². The molecular formula is C16H20N2O2. The molecule has 0 radical (unpaired) electrons. The zero-order valence-corrected chi connectivity index (χ0v) is 11.9. The number of aromatic nitrogens is 2. The highest BCUT2D eigenvalue weighted by Gasteiger charge is 2.25. The number of aliphatic hydroxyl groups is 1. The number of fused-ring (bicyclic) bond motifs is 1. The molecule has 1 aromatic carbocycles. The Morgan fingerprint density at radius 2 is 2.25 bits per heavy atom. The monoisotopic (exact) mass is 272 g/mol. The van der Waals surface area contributed by atoms with E-state index >= 15 is 0 Å². The van der Waals surface area contributed by atoms with Gasteiger partial charge in [0.15, 0.2) is 0 Å². The zero-order chi connectivity index (χ0) is 14.1. The van der Waals surface area contributed by atoms with Gasteiger partial charge in [0.25, 0.3) is 0 Å². The van der Waals surface area contributed by atoms with Crippen LogP contribution in [0.2, 0.25) is 0 Å². The van der Waals surface area contributed by atoms with Crippen LogP contribution in [0.25, 0.3) is 0 Å². The van der Waals surface area contributed by atoms with Crippen LogP contribution in [0.4, 0.5) is 0 Å². The largest absolute Gasteiger partial charge is 0.388 e. The van der Waals surface area contributed by atoms with E-state index in [1.54, 1.807) is 4.68 Å².